The van der Waals surface area contributed by atoms with Gasteiger partial charge in [0.05, 0.1) is 0 Å². The molecule has 0 radical (unpaired) electrons. The van der Waals surface area contributed by atoms with Crippen LogP contribution in [-0.2, 0) is 5.54 Å². The summed E-state index contributed by atoms with van der Waals surface area (Å²) in [4.78, 5) is 2.76. The van der Waals surface area contributed by atoms with Crippen molar-refractivity contribution in [1.82, 2.24) is 4.90 Å². The molecule has 2 nitrogen and oxygen atoms in total. The van der Waals surface area contributed by atoms with Gasteiger partial charge < -0.3 is 5.73 Å². The molecule has 3 rings (SSSR count). The van der Waals surface area contributed by atoms with E-state index < -0.39 is 0 Å². The van der Waals surface area contributed by atoms with Gasteiger partial charge in [-0.15, -0.1) is 0 Å². The Hall–Kier alpha value is -0.860. The second-order valence-electron chi connectivity index (χ2n) is 6.28. The Morgan fingerprint density at radius 2 is 1.58 bits per heavy atom. The molecule has 1 heterocycles. The quantitative estimate of drug-likeness (QED) is 0.882. The lowest BCUT2D eigenvalue weighted by Gasteiger charge is -2.49. The van der Waals surface area contributed by atoms with Gasteiger partial charge in [0, 0.05) is 11.6 Å². The Morgan fingerprint density at radius 1 is 0.947 bits per heavy atom. The molecule has 2 fully saturated rings. The molecular weight excluding hydrogens is 232 g/mol. The van der Waals surface area contributed by atoms with E-state index in [1.165, 1.54) is 63.6 Å². The van der Waals surface area contributed by atoms with Crippen LogP contribution >= 0.6 is 0 Å². The highest BCUT2D eigenvalue weighted by Gasteiger charge is 2.41. The van der Waals surface area contributed by atoms with Crippen molar-refractivity contribution in [2.24, 2.45) is 5.73 Å². The average molecular weight is 258 g/mol. The van der Waals surface area contributed by atoms with Crippen LogP contribution in [0.2, 0.25) is 0 Å². The number of piperidine rings is 1. The minimum Gasteiger partial charge on any atom is -0.328 e. The maximum atomic E-state index is 6.14. The highest BCUT2D eigenvalue weighted by molar-refractivity contribution is 5.26. The number of nitrogens with two attached hydrogens (primary N) is 1. The Kier molecular flexibility index (Phi) is 3.90. The summed E-state index contributed by atoms with van der Waals surface area (Å²) in [7, 11) is 0. The fraction of sp³-hybridized carbons (Fsp3) is 0.647. The molecule has 1 aliphatic heterocycles. The Labute approximate surface area is 117 Å². The molecule has 0 atom stereocenters. The molecule has 2 aliphatic rings. The molecule has 2 N–H and O–H groups in total. The van der Waals surface area contributed by atoms with Gasteiger partial charge >= 0.3 is 0 Å². The minimum absolute atomic E-state index is 0.275. The third-order valence-corrected chi connectivity index (χ3v) is 5.13. The third kappa shape index (κ3) is 2.56. The molecule has 1 aromatic carbocycles. The molecule has 104 valence electrons. The average Bonchev–Trinajstić information content (AvgIpc) is 2.50. The van der Waals surface area contributed by atoms with Crippen LogP contribution in [0, 0.1) is 0 Å². The van der Waals surface area contributed by atoms with Gasteiger partial charge in [-0.3, -0.25) is 4.90 Å². The number of nitrogens with zero attached hydrogens (tertiary/aromatic N) is 1. The summed E-state index contributed by atoms with van der Waals surface area (Å²) in [6.07, 6.45) is 8.94. The lowest BCUT2D eigenvalue weighted by atomic mass is 9.73. The van der Waals surface area contributed by atoms with E-state index in [-0.39, 0.29) is 5.54 Å². The van der Waals surface area contributed by atoms with Gasteiger partial charge in [0.25, 0.3) is 0 Å². The summed E-state index contributed by atoms with van der Waals surface area (Å²) in [5.41, 5.74) is 7.94. The number of likely N-dealkylation sites (tertiary alicyclic amines) is 1. The van der Waals surface area contributed by atoms with E-state index in [0.29, 0.717) is 6.04 Å². The van der Waals surface area contributed by atoms with Crippen LogP contribution in [0.5, 0.6) is 0 Å². The van der Waals surface area contributed by atoms with E-state index in [1.54, 1.807) is 0 Å². The van der Waals surface area contributed by atoms with Crippen LogP contribution in [0.15, 0.2) is 30.3 Å². The fourth-order valence-electron chi connectivity index (χ4n) is 3.98. The summed E-state index contributed by atoms with van der Waals surface area (Å²) < 4.78 is 0. The zero-order chi connectivity index (χ0) is 13.1. The van der Waals surface area contributed by atoms with E-state index in [0.717, 1.165) is 0 Å². The number of rotatable bonds is 2. The van der Waals surface area contributed by atoms with E-state index in [4.69, 9.17) is 5.73 Å². The summed E-state index contributed by atoms with van der Waals surface area (Å²) >= 11 is 0. The predicted octanol–water partition coefficient (Wildman–Crippen LogP) is 3.27. The van der Waals surface area contributed by atoms with Crippen LogP contribution in [0.25, 0.3) is 0 Å². The Bertz CT molecular complexity index is 387. The molecule has 0 spiro atoms. The van der Waals surface area contributed by atoms with Crippen molar-refractivity contribution in [3.63, 3.8) is 0 Å². The molecule has 1 saturated heterocycles. The Balaban J connectivity index is 1.91. The zero-order valence-corrected chi connectivity index (χ0v) is 11.9. The van der Waals surface area contributed by atoms with Crippen LogP contribution in [-0.4, -0.2) is 24.0 Å². The molecule has 1 aliphatic carbocycles. The minimum atomic E-state index is 0.275. The SMILES string of the molecule is NC1CCC(c2ccccc2)(N2CCCCC2)CC1. The zero-order valence-electron chi connectivity index (χ0n) is 11.9. The maximum absolute atomic E-state index is 6.14. The largest absolute Gasteiger partial charge is 0.328 e. The van der Waals surface area contributed by atoms with Crippen molar-refractivity contribution in [3.8, 4) is 0 Å². The van der Waals surface area contributed by atoms with E-state index in [1.807, 2.05) is 0 Å². The number of hydrogen-bond acceptors (Lipinski definition) is 2. The standard InChI is InChI=1S/C17H26N2/c18-16-9-11-17(12-10-16,15-7-3-1-4-8-15)19-13-5-2-6-14-19/h1,3-4,7-8,16H,2,5-6,9-14,18H2. The number of benzene rings is 1. The summed E-state index contributed by atoms with van der Waals surface area (Å²) in [6, 6.07) is 11.6. The van der Waals surface area contributed by atoms with Crippen molar-refractivity contribution in [1.29, 1.82) is 0 Å². The second kappa shape index (κ2) is 5.64. The van der Waals surface area contributed by atoms with Crippen LogP contribution in [0.1, 0.15) is 50.5 Å². The van der Waals surface area contributed by atoms with Gasteiger partial charge in [-0.2, -0.15) is 0 Å². The first-order valence-electron chi connectivity index (χ1n) is 7.87. The van der Waals surface area contributed by atoms with Gasteiger partial charge in [-0.05, 0) is 57.2 Å². The molecule has 1 aromatic rings. The lowest BCUT2D eigenvalue weighted by Crippen LogP contribution is -2.52. The third-order valence-electron chi connectivity index (χ3n) is 5.13. The molecule has 2 heteroatoms. The predicted molar refractivity (Wildman–Crippen MR) is 80.0 cm³/mol. The van der Waals surface area contributed by atoms with E-state index in [2.05, 4.69) is 35.2 Å². The van der Waals surface area contributed by atoms with Crippen molar-refractivity contribution in [3.05, 3.63) is 35.9 Å². The monoisotopic (exact) mass is 258 g/mol. The highest BCUT2D eigenvalue weighted by atomic mass is 15.2. The smallest absolute Gasteiger partial charge is 0.0461 e. The van der Waals surface area contributed by atoms with E-state index >= 15 is 0 Å². The van der Waals surface area contributed by atoms with Crippen molar-refractivity contribution < 1.29 is 0 Å². The molecule has 0 bridgehead atoms. The second-order valence-corrected chi connectivity index (χ2v) is 6.28. The molecule has 19 heavy (non-hydrogen) atoms. The number of hydrogen-bond donors (Lipinski definition) is 1. The fourth-order valence-corrected chi connectivity index (χ4v) is 3.98. The molecule has 1 saturated carbocycles. The van der Waals surface area contributed by atoms with Crippen molar-refractivity contribution in [2.75, 3.05) is 13.1 Å². The van der Waals surface area contributed by atoms with Crippen LogP contribution < -0.4 is 5.73 Å². The van der Waals surface area contributed by atoms with Gasteiger partial charge in [0.2, 0.25) is 0 Å². The van der Waals surface area contributed by atoms with Gasteiger partial charge in [0.1, 0.15) is 0 Å². The normalized spacial score (nSPS) is 33.2. The molecule has 0 aromatic heterocycles. The maximum Gasteiger partial charge on any atom is 0.0461 e. The van der Waals surface area contributed by atoms with Crippen LogP contribution in [0.3, 0.4) is 0 Å². The summed E-state index contributed by atoms with van der Waals surface area (Å²) in [5.74, 6) is 0. The summed E-state index contributed by atoms with van der Waals surface area (Å²) in [6.45, 7) is 2.54. The van der Waals surface area contributed by atoms with Gasteiger partial charge in [-0.25, -0.2) is 0 Å². The lowest BCUT2D eigenvalue weighted by molar-refractivity contribution is 0.0262. The highest BCUT2D eigenvalue weighted by Crippen LogP contribution is 2.43. The van der Waals surface area contributed by atoms with Crippen molar-refractivity contribution >= 4 is 0 Å². The first-order valence-corrected chi connectivity index (χ1v) is 7.87. The summed E-state index contributed by atoms with van der Waals surface area (Å²) in [5, 5.41) is 0. The topological polar surface area (TPSA) is 29.3 Å². The van der Waals surface area contributed by atoms with E-state index in [9.17, 15) is 0 Å². The van der Waals surface area contributed by atoms with Crippen LogP contribution in [0.4, 0.5) is 0 Å². The van der Waals surface area contributed by atoms with Gasteiger partial charge in [-0.1, -0.05) is 36.8 Å². The van der Waals surface area contributed by atoms with Crippen molar-refractivity contribution in [2.45, 2.75) is 56.5 Å². The molecular formula is C17H26N2. The molecule has 0 amide bonds. The first-order chi connectivity index (χ1) is 9.31. The Morgan fingerprint density at radius 3 is 2.21 bits per heavy atom. The van der Waals surface area contributed by atoms with Gasteiger partial charge in [0.15, 0.2) is 0 Å². The molecule has 0 unspecified atom stereocenters. The first kappa shape index (κ1) is 13.1.